The van der Waals surface area contributed by atoms with Crippen molar-refractivity contribution in [3.63, 3.8) is 0 Å². The first kappa shape index (κ1) is 15.4. The van der Waals surface area contributed by atoms with E-state index >= 15 is 0 Å². The van der Waals surface area contributed by atoms with Gasteiger partial charge in [0.1, 0.15) is 6.17 Å². The molecule has 0 spiro atoms. The summed E-state index contributed by atoms with van der Waals surface area (Å²) in [6.45, 7) is 9.31. The third-order valence-electron chi connectivity index (χ3n) is 3.87. The maximum absolute atomic E-state index is 2.54. The van der Waals surface area contributed by atoms with Gasteiger partial charge in [-0.25, -0.2) is 0 Å². The second-order valence-electron chi connectivity index (χ2n) is 5.43. The molecule has 1 aliphatic rings. The predicted molar refractivity (Wildman–Crippen MR) is 80.3 cm³/mol. The van der Waals surface area contributed by atoms with E-state index in [-0.39, 0.29) is 0 Å². The Kier molecular flexibility index (Phi) is 7.95. The predicted octanol–water partition coefficient (Wildman–Crippen LogP) is 4.58. The zero-order valence-electron chi connectivity index (χ0n) is 12.7. The Morgan fingerprint density at radius 2 is 1.28 bits per heavy atom. The number of rotatable bonds is 10. The van der Waals surface area contributed by atoms with Gasteiger partial charge < -0.3 is 9.80 Å². The number of hydrogen-bond acceptors (Lipinski definition) is 2. The summed E-state index contributed by atoms with van der Waals surface area (Å²) in [5.41, 5.74) is 0. The first-order chi connectivity index (χ1) is 8.83. The zero-order chi connectivity index (χ0) is 13.2. The highest BCUT2D eigenvalue weighted by molar-refractivity contribution is 4.96. The Morgan fingerprint density at radius 1 is 0.722 bits per heavy atom. The Labute approximate surface area is 114 Å². The van der Waals surface area contributed by atoms with Crippen LogP contribution in [0.5, 0.6) is 0 Å². The molecular weight excluding hydrogens is 220 g/mol. The molecule has 0 fully saturated rings. The van der Waals surface area contributed by atoms with Crippen molar-refractivity contribution in [1.29, 1.82) is 0 Å². The van der Waals surface area contributed by atoms with Gasteiger partial charge in [-0.05, 0) is 19.3 Å². The highest BCUT2D eigenvalue weighted by atomic mass is 15.4. The van der Waals surface area contributed by atoms with Crippen molar-refractivity contribution < 1.29 is 0 Å². The average molecular weight is 252 g/mol. The second kappa shape index (κ2) is 9.29. The van der Waals surface area contributed by atoms with Crippen LogP contribution < -0.4 is 0 Å². The van der Waals surface area contributed by atoms with Gasteiger partial charge in [0.15, 0.2) is 0 Å². The van der Waals surface area contributed by atoms with Crippen molar-refractivity contribution in [2.24, 2.45) is 0 Å². The van der Waals surface area contributed by atoms with Gasteiger partial charge in [0.2, 0.25) is 0 Å². The molecule has 1 aliphatic heterocycles. The minimum Gasteiger partial charge on any atom is -0.356 e. The highest BCUT2D eigenvalue weighted by Crippen LogP contribution is 2.20. The molecular formula is C16H32N2. The first-order valence-corrected chi connectivity index (χ1v) is 8.03. The van der Waals surface area contributed by atoms with Gasteiger partial charge in [-0.15, -0.1) is 0 Å². The molecule has 1 unspecified atom stereocenters. The van der Waals surface area contributed by atoms with Crippen LogP contribution in [0.2, 0.25) is 0 Å². The molecule has 2 heteroatoms. The molecule has 1 atom stereocenters. The van der Waals surface area contributed by atoms with Gasteiger partial charge in [-0.2, -0.15) is 0 Å². The summed E-state index contributed by atoms with van der Waals surface area (Å²) in [6.07, 6.45) is 16.0. The van der Waals surface area contributed by atoms with E-state index in [1.807, 2.05) is 0 Å². The maximum atomic E-state index is 2.54. The summed E-state index contributed by atoms with van der Waals surface area (Å²) < 4.78 is 0. The number of nitrogens with zero attached hydrogens (tertiary/aromatic N) is 2. The molecule has 0 saturated carbocycles. The minimum absolute atomic E-state index is 0.628. The fourth-order valence-corrected chi connectivity index (χ4v) is 2.72. The molecule has 106 valence electrons. The van der Waals surface area contributed by atoms with Crippen LogP contribution in [0.25, 0.3) is 0 Å². The number of hydrogen-bond donors (Lipinski definition) is 0. The van der Waals surface area contributed by atoms with E-state index in [4.69, 9.17) is 0 Å². The number of unbranched alkanes of at least 4 members (excludes halogenated alkanes) is 5. The fourth-order valence-electron chi connectivity index (χ4n) is 2.72. The van der Waals surface area contributed by atoms with Crippen molar-refractivity contribution in [3.8, 4) is 0 Å². The third kappa shape index (κ3) is 4.91. The van der Waals surface area contributed by atoms with Gasteiger partial charge in [0.05, 0.1) is 0 Å². The van der Waals surface area contributed by atoms with Crippen LogP contribution in [0, 0.1) is 0 Å². The summed E-state index contributed by atoms with van der Waals surface area (Å²) in [5, 5.41) is 0. The standard InChI is InChI=1S/C16H32N2/c1-4-7-9-10-11-13-18-15-14-17(12-8-5-2)16(18)6-3/h14-16H,4-13H2,1-3H3. The quantitative estimate of drug-likeness (QED) is 0.525. The van der Waals surface area contributed by atoms with E-state index in [2.05, 4.69) is 43.0 Å². The van der Waals surface area contributed by atoms with Crippen molar-refractivity contribution in [1.82, 2.24) is 9.80 Å². The third-order valence-corrected chi connectivity index (χ3v) is 3.87. The zero-order valence-corrected chi connectivity index (χ0v) is 12.7. The van der Waals surface area contributed by atoms with Crippen molar-refractivity contribution in [3.05, 3.63) is 12.4 Å². The van der Waals surface area contributed by atoms with E-state index in [9.17, 15) is 0 Å². The van der Waals surface area contributed by atoms with Crippen molar-refractivity contribution in [2.45, 2.75) is 78.3 Å². The Balaban J connectivity index is 2.22. The Bertz CT molecular complexity index is 225. The lowest BCUT2D eigenvalue weighted by atomic mass is 10.1. The molecule has 0 aliphatic carbocycles. The summed E-state index contributed by atoms with van der Waals surface area (Å²) in [5.74, 6) is 0. The van der Waals surface area contributed by atoms with Crippen LogP contribution in [0.4, 0.5) is 0 Å². The van der Waals surface area contributed by atoms with E-state index in [1.54, 1.807) is 0 Å². The molecule has 0 aromatic heterocycles. The van der Waals surface area contributed by atoms with Crippen LogP contribution in [0.1, 0.15) is 72.1 Å². The van der Waals surface area contributed by atoms with Gasteiger partial charge in [-0.3, -0.25) is 0 Å². The summed E-state index contributed by atoms with van der Waals surface area (Å²) in [6, 6.07) is 0. The highest BCUT2D eigenvalue weighted by Gasteiger charge is 2.23. The largest absolute Gasteiger partial charge is 0.356 e. The maximum Gasteiger partial charge on any atom is 0.100 e. The minimum atomic E-state index is 0.628. The molecule has 0 saturated heterocycles. The van der Waals surface area contributed by atoms with Gasteiger partial charge in [0.25, 0.3) is 0 Å². The molecule has 0 aromatic carbocycles. The molecule has 1 rings (SSSR count). The lowest BCUT2D eigenvalue weighted by molar-refractivity contribution is 0.144. The fraction of sp³-hybridized carbons (Fsp3) is 0.875. The van der Waals surface area contributed by atoms with Crippen LogP contribution >= 0.6 is 0 Å². The van der Waals surface area contributed by atoms with E-state index in [0.29, 0.717) is 6.17 Å². The summed E-state index contributed by atoms with van der Waals surface area (Å²) >= 11 is 0. The monoisotopic (exact) mass is 252 g/mol. The van der Waals surface area contributed by atoms with E-state index < -0.39 is 0 Å². The molecule has 18 heavy (non-hydrogen) atoms. The van der Waals surface area contributed by atoms with Gasteiger partial charge in [0, 0.05) is 25.5 Å². The SMILES string of the molecule is CCCCCCCN1C=CN(CCCC)C1CC. The average Bonchev–Trinajstić information content (AvgIpc) is 2.78. The van der Waals surface area contributed by atoms with Crippen LogP contribution in [0.15, 0.2) is 12.4 Å². The molecule has 0 aromatic rings. The second-order valence-corrected chi connectivity index (χ2v) is 5.43. The molecule has 0 bridgehead atoms. The topological polar surface area (TPSA) is 6.48 Å². The summed E-state index contributed by atoms with van der Waals surface area (Å²) in [7, 11) is 0. The van der Waals surface area contributed by atoms with Crippen LogP contribution in [-0.2, 0) is 0 Å². The van der Waals surface area contributed by atoms with Crippen LogP contribution in [0.3, 0.4) is 0 Å². The lowest BCUT2D eigenvalue weighted by Gasteiger charge is -2.32. The molecule has 0 amide bonds. The smallest absolute Gasteiger partial charge is 0.100 e. The Morgan fingerprint density at radius 3 is 1.83 bits per heavy atom. The Hall–Kier alpha value is -0.660. The van der Waals surface area contributed by atoms with Crippen molar-refractivity contribution >= 4 is 0 Å². The molecule has 2 nitrogen and oxygen atoms in total. The lowest BCUT2D eigenvalue weighted by Crippen LogP contribution is -2.38. The first-order valence-electron chi connectivity index (χ1n) is 8.03. The van der Waals surface area contributed by atoms with Gasteiger partial charge >= 0.3 is 0 Å². The van der Waals surface area contributed by atoms with E-state index in [0.717, 1.165) is 0 Å². The normalized spacial score (nSPS) is 18.9. The molecule has 1 heterocycles. The van der Waals surface area contributed by atoms with Gasteiger partial charge in [-0.1, -0.05) is 52.9 Å². The van der Waals surface area contributed by atoms with E-state index in [1.165, 1.54) is 64.5 Å². The van der Waals surface area contributed by atoms with Crippen molar-refractivity contribution in [2.75, 3.05) is 13.1 Å². The van der Waals surface area contributed by atoms with Crippen LogP contribution in [-0.4, -0.2) is 29.1 Å². The molecule has 0 N–H and O–H groups in total. The summed E-state index contributed by atoms with van der Waals surface area (Å²) in [4.78, 5) is 5.07. The molecule has 0 radical (unpaired) electrons.